The molecule has 15 amide bonds. The highest BCUT2D eigenvalue weighted by Gasteiger charge is 2.39. The Morgan fingerprint density at radius 1 is 0.375 bits per heavy atom. The zero-order chi connectivity index (χ0) is 90.0. The number of nitrogens with one attached hydrogen (secondary N) is 18. The van der Waals surface area contributed by atoms with Gasteiger partial charge in [-0.15, -0.1) is 0 Å². The van der Waals surface area contributed by atoms with Crippen LogP contribution in [-0.4, -0.2) is 221 Å². The van der Waals surface area contributed by atoms with Crippen molar-refractivity contribution in [2.45, 2.75) is 217 Å². The molecule has 0 spiro atoms. The molecule has 0 aliphatic heterocycles. The monoisotopic (exact) mass is 1680 g/mol. The van der Waals surface area contributed by atoms with Gasteiger partial charge in [0.1, 0.15) is 84.0 Å². The molecule has 3 rings (SSSR count). The van der Waals surface area contributed by atoms with Gasteiger partial charge in [0.15, 0.2) is 17.9 Å². The topological polar surface area (TPSA) is 751 Å². The zero-order valence-corrected chi connectivity index (χ0v) is 68.5. The van der Waals surface area contributed by atoms with Gasteiger partial charge in [0, 0.05) is 51.0 Å². The number of guanidine groups is 3. The Labute approximate surface area is 695 Å². The summed E-state index contributed by atoms with van der Waals surface area (Å²) in [5, 5.41) is 91.4. The van der Waals surface area contributed by atoms with Crippen LogP contribution in [0.3, 0.4) is 0 Å². The first-order chi connectivity index (χ1) is 56.6. The van der Waals surface area contributed by atoms with Gasteiger partial charge in [-0.25, -0.2) is 0 Å². The Balaban J connectivity index is 1.93. The summed E-state index contributed by atoms with van der Waals surface area (Å²) in [6, 6.07) is -1.22. The second-order valence-electron chi connectivity index (χ2n) is 29.5. The van der Waals surface area contributed by atoms with E-state index in [1.54, 1.807) is 53.7 Å². The van der Waals surface area contributed by atoms with Crippen LogP contribution in [0.5, 0.6) is 11.5 Å². The Kier molecular flexibility index (Phi) is 43.8. The van der Waals surface area contributed by atoms with Crippen molar-refractivity contribution in [3.05, 3.63) is 95.1 Å². The van der Waals surface area contributed by atoms with Crippen LogP contribution in [0, 0.1) is 34.0 Å². The maximum Gasteiger partial charge on any atom is 0.251 e. The Bertz CT molecular complexity index is 4010. The third-order valence-corrected chi connectivity index (χ3v) is 19.2. The van der Waals surface area contributed by atoms with Crippen LogP contribution in [0.2, 0.25) is 0 Å². The number of hydrogen-bond donors (Lipinski definition) is 28. The molecule has 662 valence electrons. The smallest absolute Gasteiger partial charge is 0.251 e. The van der Waals surface area contributed by atoms with E-state index in [9.17, 15) is 87.2 Å². The molecule has 35 N–H and O–H groups in total. The first-order valence-corrected chi connectivity index (χ1v) is 39.3. The van der Waals surface area contributed by atoms with Crippen LogP contribution in [0.1, 0.15) is 153 Å². The predicted molar refractivity (Wildman–Crippen MR) is 440 cm³/mol. The van der Waals surface area contributed by atoms with Crippen molar-refractivity contribution in [3.8, 4) is 11.5 Å². The third kappa shape index (κ3) is 37.1. The van der Waals surface area contributed by atoms with E-state index in [1.807, 2.05) is 0 Å². The molecule has 0 aliphatic carbocycles. The van der Waals surface area contributed by atoms with Gasteiger partial charge in [-0.2, -0.15) is 0 Å². The average Bonchev–Trinajstić information content (AvgIpc) is 0.833. The number of aliphatic hydroxyl groups excluding tert-OH is 1. The molecule has 0 fully saturated rings. The molecular weight excluding hydrogens is 1560 g/mol. The van der Waals surface area contributed by atoms with Crippen molar-refractivity contribution in [1.82, 2.24) is 79.8 Å². The van der Waals surface area contributed by atoms with Gasteiger partial charge in [0.05, 0.1) is 13.0 Å². The van der Waals surface area contributed by atoms with Crippen LogP contribution >= 0.6 is 0 Å². The van der Waals surface area contributed by atoms with Gasteiger partial charge in [0.25, 0.3) is 5.91 Å². The minimum atomic E-state index is -1.90. The van der Waals surface area contributed by atoms with Crippen LogP contribution in [-0.2, 0) is 86.5 Å². The zero-order valence-electron chi connectivity index (χ0n) is 68.5. The second kappa shape index (κ2) is 52.0. The molecule has 43 nitrogen and oxygen atoms in total. The molecule has 0 bridgehead atoms. The minimum Gasteiger partial charge on any atom is -0.508 e. The molecule has 0 saturated carbocycles. The van der Waals surface area contributed by atoms with Crippen molar-refractivity contribution >= 4 is 106 Å². The number of phenols is 2. The first-order valence-electron chi connectivity index (χ1n) is 39.3. The number of rotatable bonds is 54. The standard InChI is InChI=1S/C77H121N25O18/c1-8-40(5)60(102-71(117)55(35-44-20-26-48(105)27-21-44)97-63(109)42(7)91-65(111)49(13-10-30-88-75(82)83)92-64(110)46-22-16-45(37-78)17-23-46)73(119)99-56(36-59(80)107)69(115)98-54(33-39(3)4)70(116)101-61(41(6)9-2)74(120)100-57(38-103)72(118)94-50(14-11-31-89-76(84)85)66(112)95-52(28-29-58(79)106)68(114)93-51(15-12-32-90-77(86)87)67(113)96-53(62(81)108)34-43-18-24-47(104)25-19-43/h16-27,39-42,49-57,60-61,103-105H,8-15,28-38,78H2,1-7H3,(H2,79,106)(H2,80,107)(H2,81,108)(H,91,111)(H,92,110)(H,93,114)(H,94,118)(H,95,112)(H,96,113)(H,97,109)(H,98,115)(H,99,119)(H,100,120)(H,101,116)(H,102,117)(H4,82,83,88)(H4,84,85,89)(H4,86,87,90)/t40-,41-,42-,49-,50-,51-,52-,53-,54-,55-,56-,57-,60-,61-/m0/s1. The van der Waals surface area contributed by atoms with Gasteiger partial charge in [0.2, 0.25) is 82.7 Å². The molecule has 0 heterocycles. The number of aliphatic hydroxyl groups is 1. The molecule has 0 radical (unpaired) electrons. The molecule has 14 atom stereocenters. The lowest BCUT2D eigenvalue weighted by atomic mass is 9.96. The highest BCUT2D eigenvalue weighted by molar-refractivity contribution is 6.02. The van der Waals surface area contributed by atoms with Crippen LogP contribution in [0.4, 0.5) is 0 Å². The molecule has 3 aromatic carbocycles. The maximum absolute atomic E-state index is 14.7. The van der Waals surface area contributed by atoms with Gasteiger partial charge < -0.3 is 135 Å². The highest BCUT2D eigenvalue weighted by Crippen LogP contribution is 2.18. The van der Waals surface area contributed by atoms with Gasteiger partial charge in [-0.1, -0.05) is 90.8 Å². The number of primary amides is 3. The quantitative estimate of drug-likeness (QED) is 0.0142. The lowest BCUT2D eigenvalue weighted by Gasteiger charge is -2.30. The van der Waals surface area contributed by atoms with Gasteiger partial charge in [-0.05, 0) is 129 Å². The summed E-state index contributed by atoms with van der Waals surface area (Å²) >= 11 is 0. The Morgan fingerprint density at radius 3 is 1.11 bits per heavy atom. The number of benzene rings is 3. The molecule has 3 aromatic rings. The van der Waals surface area contributed by atoms with Crippen molar-refractivity contribution < 1.29 is 87.2 Å². The number of amides is 15. The highest BCUT2D eigenvalue weighted by atomic mass is 16.3. The molecule has 0 aromatic heterocycles. The summed E-state index contributed by atoms with van der Waals surface area (Å²) < 4.78 is 0. The summed E-state index contributed by atoms with van der Waals surface area (Å²) in [4.78, 5) is 209. The van der Waals surface area contributed by atoms with E-state index in [4.69, 9.17) is 56.4 Å². The number of aromatic hydroxyl groups is 2. The van der Waals surface area contributed by atoms with Crippen molar-refractivity contribution in [2.75, 3.05) is 26.2 Å². The van der Waals surface area contributed by atoms with E-state index in [0.29, 0.717) is 11.1 Å². The van der Waals surface area contributed by atoms with E-state index in [2.05, 4.69) is 79.8 Å². The summed E-state index contributed by atoms with van der Waals surface area (Å²) in [6.07, 6.45) is -2.29. The third-order valence-electron chi connectivity index (χ3n) is 19.2. The first kappa shape index (κ1) is 101. The normalized spacial score (nSPS) is 14.5. The molecular formula is C77H121N25O18. The minimum absolute atomic E-state index is 0.00812. The summed E-state index contributed by atoms with van der Waals surface area (Å²) in [5.74, 6) is -18.2. The van der Waals surface area contributed by atoms with Crippen molar-refractivity contribution in [1.29, 1.82) is 16.2 Å². The van der Waals surface area contributed by atoms with E-state index in [1.165, 1.54) is 67.6 Å². The number of carbonyl (C=O) groups is 15. The fourth-order valence-electron chi connectivity index (χ4n) is 11.9. The van der Waals surface area contributed by atoms with Crippen molar-refractivity contribution in [3.63, 3.8) is 0 Å². The maximum atomic E-state index is 14.7. The number of carbonyl (C=O) groups excluding carboxylic acids is 15. The fraction of sp³-hybridized carbons (Fsp3) is 0.532. The van der Waals surface area contributed by atoms with Crippen LogP contribution in [0.15, 0.2) is 72.8 Å². The number of nitrogens with two attached hydrogens (primary N) is 7. The van der Waals surface area contributed by atoms with Crippen LogP contribution < -0.4 is 120 Å². The largest absolute Gasteiger partial charge is 0.508 e. The Hall–Kier alpha value is -13.0. The molecule has 43 heteroatoms. The number of hydrogen-bond acceptors (Lipinski definition) is 22. The average molecular weight is 1680 g/mol. The molecule has 0 saturated heterocycles. The summed E-state index contributed by atoms with van der Waals surface area (Å²) in [7, 11) is 0. The summed E-state index contributed by atoms with van der Waals surface area (Å²) in [6.45, 7) is 10.3. The fourth-order valence-corrected chi connectivity index (χ4v) is 11.9. The van der Waals surface area contributed by atoms with Gasteiger partial charge in [-0.3, -0.25) is 88.1 Å². The summed E-state index contributed by atoms with van der Waals surface area (Å²) in [5.41, 5.74) is 40.7. The molecule has 0 aliphatic rings. The van der Waals surface area contributed by atoms with E-state index < -0.39 is 217 Å². The lowest BCUT2D eigenvalue weighted by molar-refractivity contribution is -0.137. The second-order valence-corrected chi connectivity index (χ2v) is 29.5. The number of phenolic OH excluding ortho intramolecular Hbond substituents is 2. The lowest BCUT2D eigenvalue weighted by Crippen LogP contribution is -2.62. The predicted octanol–water partition coefficient (Wildman–Crippen LogP) is -5.96. The SMILES string of the molecule is CC[C@H](C)[C@H](NC(=O)[C@H](Cc1ccc(O)cc1)NC(=O)[C@H](C)NC(=O)[C@H](CCCNC(=N)N)NC(=O)c1ccc(CN)cc1)C(=O)N[C@@H](CC(N)=O)C(=O)N[C@@H](CC(C)C)C(=O)N[C@H](C(=O)N[C@@H](CO)C(=O)N[C@@H](CCCNC(=N)N)C(=O)N[C@@H](CCC(N)=O)C(=O)N[C@@H](CCCNC(=N)N)C(=O)N[C@@H](Cc1ccc(O)cc1)C(N)=O)[C@@H](C)CC. The van der Waals surface area contributed by atoms with E-state index in [0.717, 1.165) is 5.56 Å². The molecule has 0 unspecified atom stereocenters. The molecule has 120 heavy (non-hydrogen) atoms. The van der Waals surface area contributed by atoms with E-state index in [-0.39, 0.29) is 120 Å². The van der Waals surface area contributed by atoms with Gasteiger partial charge >= 0.3 is 0 Å². The van der Waals surface area contributed by atoms with E-state index >= 15 is 0 Å². The Morgan fingerprint density at radius 2 is 0.717 bits per heavy atom. The van der Waals surface area contributed by atoms with Crippen molar-refractivity contribution in [2.24, 2.45) is 57.9 Å². The van der Waals surface area contributed by atoms with Crippen LogP contribution in [0.25, 0.3) is 0 Å².